The first-order valence-corrected chi connectivity index (χ1v) is 8.25. The van der Waals surface area contributed by atoms with E-state index < -0.39 is 11.4 Å². The monoisotopic (exact) mass is 318 g/mol. The van der Waals surface area contributed by atoms with Crippen LogP contribution in [0.4, 0.5) is 0 Å². The highest BCUT2D eigenvalue weighted by atomic mass is 32.1. The van der Waals surface area contributed by atoms with Crippen molar-refractivity contribution in [3.63, 3.8) is 0 Å². The molecule has 0 spiro atoms. The van der Waals surface area contributed by atoms with Gasteiger partial charge in [0.25, 0.3) is 0 Å². The van der Waals surface area contributed by atoms with Crippen LogP contribution in [-0.4, -0.2) is 28.5 Å². The first-order chi connectivity index (χ1) is 10.6. The second-order valence-electron chi connectivity index (χ2n) is 5.79. The van der Waals surface area contributed by atoms with E-state index >= 15 is 0 Å². The van der Waals surface area contributed by atoms with E-state index in [9.17, 15) is 9.59 Å². The van der Waals surface area contributed by atoms with Crippen molar-refractivity contribution in [2.75, 3.05) is 6.54 Å². The summed E-state index contributed by atoms with van der Waals surface area (Å²) < 4.78 is 1.17. The number of fused-ring (bicyclic) bond motifs is 1. The lowest BCUT2D eigenvalue weighted by atomic mass is 10.1. The molecule has 1 aromatic heterocycles. The van der Waals surface area contributed by atoms with Crippen LogP contribution in [0.2, 0.25) is 0 Å². The van der Waals surface area contributed by atoms with Crippen molar-refractivity contribution in [1.29, 1.82) is 0 Å². The lowest BCUT2D eigenvalue weighted by molar-refractivity contribution is -0.143. The zero-order chi connectivity index (χ0) is 15.6. The van der Waals surface area contributed by atoms with Crippen molar-refractivity contribution in [1.82, 2.24) is 10.3 Å². The van der Waals surface area contributed by atoms with Crippen LogP contribution in [0, 0.1) is 5.41 Å². The minimum absolute atomic E-state index is 0.0753. The molecule has 1 saturated carbocycles. The molecule has 5 nitrogen and oxygen atoms in total. The normalized spacial score (nSPS) is 15.6. The highest BCUT2D eigenvalue weighted by molar-refractivity contribution is 7.18. The number of aliphatic carboxylic acids is 1. The topological polar surface area (TPSA) is 79.3 Å². The van der Waals surface area contributed by atoms with E-state index in [-0.39, 0.29) is 12.5 Å². The summed E-state index contributed by atoms with van der Waals surface area (Å²) in [5.41, 5.74) is 0.312. The molecule has 1 heterocycles. The predicted molar refractivity (Wildman–Crippen MR) is 84.9 cm³/mol. The maximum Gasteiger partial charge on any atom is 0.311 e. The molecule has 0 atom stereocenters. The van der Waals surface area contributed by atoms with Crippen LogP contribution in [0.15, 0.2) is 24.3 Å². The quantitative estimate of drug-likeness (QED) is 0.822. The molecule has 0 radical (unpaired) electrons. The highest BCUT2D eigenvalue weighted by Crippen LogP contribution is 2.45. The average Bonchev–Trinajstić information content (AvgIpc) is 3.18. The fraction of sp³-hybridized carbons (Fsp3) is 0.438. The molecule has 0 unspecified atom stereocenters. The third-order valence-electron chi connectivity index (χ3n) is 4.06. The van der Waals surface area contributed by atoms with Gasteiger partial charge >= 0.3 is 5.97 Å². The van der Waals surface area contributed by atoms with E-state index in [4.69, 9.17) is 5.11 Å². The molecular weight excluding hydrogens is 300 g/mol. The summed E-state index contributed by atoms with van der Waals surface area (Å²) in [6, 6.07) is 8.00. The molecule has 1 fully saturated rings. The Labute approximate surface area is 132 Å². The second-order valence-corrected chi connectivity index (χ2v) is 6.91. The van der Waals surface area contributed by atoms with Crippen LogP contribution in [0.25, 0.3) is 10.2 Å². The maximum absolute atomic E-state index is 11.8. The standard InChI is InChI=1S/C16H18N2O3S/c19-13(17-10-16(8-9-16)15(20)21)6-3-7-14-18-11-4-1-2-5-12(11)22-14/h1-2,4-5H,3,6-10H2,(H,17,19)(H,20,21). The largest absolute Gasteiger partial charge is 0.481 e. The van der Waals surface area contributed by atoms with Gasteiger partial charge in [-0.05, 0) is 37.8 Å². The Kier molecular flexibility index (Phi) is 4.11. The van der Waals surface area contributed by atoms with Crippen molar-refractivity contribution in [2.24, 2.45) is 5.41 Å². The van der Waals surface area contributed by atoms with Gasteiger partial charge in [0.1, 0.15) is 0 Å². The van der Waals surface area contributed by atoms with E-state index in [2.05, 4.69) is 10.3 Å². The molecule has 1 amide bonds. The number of para-hydroxylation sites is 1. The number of aromatic nitrogens is 1. The number of thiazole rings is 1. The van der Waals surface area contributed by atoms with E-state index in [1.807, 2.05) is 24.3 Å². The van der Waals surface area contributed by atoms with Crippen molar-refractivity contribution in [3.8, 4) is 0 Å². The van der Waals surface area contributed by atoms with Crippen molar-refractivity contribution < 1.29 is 14.7 Å². The van der Waals surface area contributed by atoms with Gasteiger partial charge in [0.2, 0.25) is 5.91 Å². The lowest BCUT2D eigenvalue weighted by Crippen LogP contribution is -2.34. The number of carboxylic acid groups (broad SMARTS) is 1. The summed E-state index contributed by atoms with van der Waals surface area (Å²) in [5, 5.41) is 12.8. The molecular formula is C16H18N2O3S. The van der Waals surface area contributed by atoms with Crippen molar-refractivity contribution >= 4 is 33.4 Å². The predicted octanol–water partition coefficient (Wildman–Crippen LogP) is 2.60. The number of carbonyl (C=O) groups is 2. The Morgan fingerprint density at radius 1 is 1.32 bits per heavy atom. The molecule has 22 heavy (non-hydrogen) atoms. The number of nitrogens with zero attached hydrogens (tertiary/aromatic N) is 1. The third kappa shape index (κ3) is 3.27. The van der Waals surface area contributed by atoms with Crippen LogP contribution in [0.1, 0.15) is 30.7 Å². The van der Waals surface area contributed by atoms with E-state index in [0.29, 0.717) is 19.3 Å². The third-order valence-corrected chi connectivity index (χ3v) is 5.16. The number of hydrogen-bond acceptors (Lipinski definition) is 4. The number of benzene rings is 1. The van der Waals surface area contributed by atoms with Gasteiger partial charge < -0.3 is 10.4 Å². The maximum atomic E-state index is 11.8. The van der Waals surface area contributed by atoms with Gasteiger partial charge in [-0.25, -0.2) is 4.98 Å². The van der Waals surface area contributed by atoms with Gasteiger partial charge in [-0.3, -0.25) is 9.59 Å². The van der Waals surface area contributed by atoms with Gasteiger partial charge in [0, 0.05) is 13.0 Å². The summed E-state index contributed by atoms with van der Waals surface area (Å²) in [6.45, 7) is 0.252. The molecule has 1 aromatic carbocycles. The fourth-order valence-corrected chi connectivity index (χ4v) is 3.41. The SMILES string of the molecule is O=C(CCCc1nc2ccccc2s1)NCC1(C(=O)O)CC1. The number of nitrogens with one attached hydrogen (secondary N) is 1. The Morgan fingerprint density at radius 2 is 2.09 bits per heavy atom. The van der Waals surface area contributed by atoms with Gasteiger partial charge in [0.05, 0.1) is 20.6 Å². The first-order valence-electron chi connectivity index (χ1n) is 7.44. The van der Waals surface area contributed by atoms with Gasteiger partial charge in [-0.15, -0.1) is 11.3 Å². The van der Waals surface area contributed by atoms with E-state index in [1.54, 1.807) is 11.3 Å². The molecule has 3 rings (SSSR count). The van der Waals surface area contributed by atoms with E-state index in [0.717, 1.165) is 23.4 Å². The van der Waals surface area contributed by atoms with Gasteiger partial charge in [-0.2, -0.15) is 0 Å². The number of hydrogen-bond donors (Lipinski definition) is 2. The van der Waals surface area contributed by atoms with Gasteiger partial charge in [0.15, 0.2) is 0 Å². The Hall–Kier alpha value is -1.95. The number of carbonyl (C=O) groups excluding carboxylic acids is 1. The van der Waals surface area contributed by atoms with Crippen molar-refractivity contribution in [3.05, 3.63) is 29.3 Å². The molecule has 2 N–H and O–H groups in total. The summed E-state index contributed by atoms with van der Waals surface area (Å²) >= 11 is 1.66. The highest BCUT2D eigenvalue weighted by Gasteiger charge is 2.50. The molecule has 6 heteroatoms. The minimum Gasteiger partial charge on any atom is -0.481 e. The van der Waals surface area contributed by atoms with Crippen molar-refractivity contribution in [2.45, 2.75) is 32.1 Å². The zero-order valence-electron chi connectivity index (χ0n) is 12.2. The number of aryl methyl sites for hydroxylation is 1. The second kappa shape index (κ2) is 6.04. The molecule has 0 aliphatic heterocycles. The van der Waals surface area contributed by atoms with Crippen LogP contribution < -0.4 is 5.32 Å². The average molecular weight is 318 g/mol. The Bertz CT molecular complexity index is 673. The fourth-order valence-electron chi connectivity index (χ4n) is 2.40. The smallest absolute Gasteiger partial charge is 0.311 e. The summed E-state index contributed by atoms with van der Waals surface area (Å²) in [5.74, 6) is -0.879. The van der Waals surface area contributed by atoms with Crippen LogP contribution in [0.3, 0.4) is 0 Å². The zero-order valence-corrected chi connectivity index (χ0v) is 13.0. The summed E-state index contributed by atoms with van der Waals surface area (Å²) in [4.78, 5) is 27.3. The molecule has 0 saturated heterocycles. The summed E-state index contributed by atoms with van der Waals surface area (Å²) in [7, 11) is 0. The van der Waals surface area contributed by atoms with Gasteiger partial charge in [-0.1, -0.05) is 12.1 Å². The molecule has 116 valence electrons. The Morgan fingerprint density at radius 3 is 2.77 bits per heavy atom. The Balaban J connectivity index is 1.43. The number of rotatable bonds is 7. The number of amides is 1. The molecule has 0 bridgehead atoms. The number of carboxylic acids is 1. The molecule has 2 aromatic rings. The van der Waals surface area contributed by atoms with E-state index in [1.165, 1.54) is 4.70 Å². The molecule has 1 aliphatic carbocycles. The van der Waals surface area contributed by atoms with Crippen LogP contribution >= 0.6 is 11.3 Å². The minimum atomic E-state index is -0.803. The van der Waals surface area contributed by atoms with Crippen LogP contribution in [0.5, 0.6) is 0 Å². The molecule has 1 aliphatic rings. The summed E-state index contributed by atoms with van der Waals surface area (Å²) in [6.07, 6.45) is 3.23. The van der Waals surface area contributed by atoms with Crippen LogP contribution in [-0.2, 0) is 16.0 Å². The first kappa shape index (κ1) is 15.0. The lowest BCUT2D eigenvalue weighted by Gasteiger charge is -2.10.